The van der Waals surface area contributed by atoms with Gasteiger partial charge in [-0.2, -0.15) is 5.26 Å². The van der Waals surface area contributed by atoms with Gasteiger partial charge in [0, 0.05) is 0 Å². The zero-order valence-corrected chi connectivity index (χ0v) is 11.4. The molecule has 1 unspecified atom stereocenters. The Morgan fingerprint density at radius 3 is 2.29 bits per heavy atom. The van der Waals surface area contributed by atoms with Crippen molar-refractivity contribution < 1.29 is 8.42 Å². The molecule has 1 aromatic carbocycles. The van der Waals surface area contributed by atoms with E-state index in [1.807, 2.05) is 19.1 Å². The van der Waals surface area contributed by atoms with E-state index >= 15 is 0 Å². The first-order valence-corrected chi connectivity index (χ1v) is 7.06. The second-order valence-corrected chi connectivity index (χ2v) is 6.65. The minimum absolute atomic E-state index is 0.218. The van der Waals surface area contributed by atoms with Crippen molar-refractivity contribution in [3.63, 3.8) is 0 Å². The first kappa shape index (κ1) is 13.7. The maximum absolute atomic E-state index is 12.4. The van der Waals surface area contributed by atoms with Gasteiger partial charge in [-0.05, 0) is 37.0 Å². The summed E-state index contributed by atoms with van der Waals surface area (Å²) in [5, 5.41) is 8.04. The first-order valence-electron chi connectivity index (χ1n) is 5.51. The zero-order valence-electron chi connectivity index (χ0n) is 10.6. The normalized spacial score (nSPS) is 13.4. The second kappa shape index (κ2) is 4.89. The number of hydrogen-bond donors (Lipinski definition) is 0. The van der Waals surface area contributed by atoms with Crippen LogP contribution in [0.15, 0.2) is 23.1 Å². The van der Waals surface area contributed by atoms with E-state index in [-0.39, 0.29) is 10.8 Å². The van der Waals surface area contributed by atoms with E-state index in [0.717, 1.165) is 5.56 Å². The van der Waals surface area contributed by atoms with Gasteiger partial charge in [-0.15, -0.1) is 0 Å². The van der Waals surface area contributed by atoms with Gasteiger partial charge in [-0.1, -0.05) is 26.0 Å². The van der Waals surface area contributed by atoms with Crippen LogP contribution in [0.5, 0.6) is 0 Å². The summed E-state index contributed by atoms with van der Waals surface area (Å²) >= 11 is 0. The number of nitriles is 1. The van der Waals surface area contributed by atoms with Gasteiger partial charge in [0.1, 0.15) is 0 Å². The Morgan fingerprint density at radius 1 is 1.24 bits per heavy atom. The number of aryl methyl sites for hydroxylation is 2. The first-order chi connectivity index (χ1) is 7.80. The highest BCUT2D eigenvalue weighted by molar-refractivity contribution is 7.92. The molecule has 1 aromatic rings. The highest BCUT2D eigenvalue weighted by Crippen LogP contribution is 2.24. The lowest BCUT2D eigenvalue weighted by Gasteiger charge is -2.16. The molecule has 0 bridgehead atoms. The summed E-state index contributed by atoms with van der Waals surface area (Å²) in [5.74, 6) is -0.218. The molecular weight excluding hydrogens is 234 g/mol. The van der Waals surface area contributed by atoms with E-state index in [2.05, 4.69) is 0 Å². The molecule has 0 aromatic heterocycles. The maximum Gasteiger partial charge on any atom is 0.195 e. The highest BCUT2D eigenvalue weighted by Gasteiger charge is 2.31. The van der Waals surface area contributed by atoms with E-state index in [1.54, 1.807) is 32.9 Å². The van der Waals surface area contributed by atoms with E-state index < -0.39 is 15.1 Å². The molecule has 3 nitrogen and oxygen atoms in total. The molecule has 0 amide bonds. The molecule has 0 heterocycles. The summed E-state index contributed by atoms with van der Waals surface area (Å²) in [4.78, 5) is 0.276. The summed E-state index contributed by atoms with van der Waals surface area (Å²) in [6.07, 6.45) is 0. The minimum Gasteiger partial charge on any atom is -0.222 e. The lowest BCUT2D eigenvalue weighted by atomic mass is 10.1. The Hall–Kier alpha value is -1.34. The van der Waals surface area contributed by atoms with Crippen molar-refractivity contribution in [2.45, 2.75) is 37.8 Å². The average molecular weight is 251 g/mol. The fourth-order valence-electron chi connectivity index (χ4n) is 1.73. The summed E-state index contributed by atoms with van der Waals surface area (Å²) < 4.78 is 24.7. The Bertz CT molecular complexity index is 553. The second-order valence-electron chi connectivity index (χ2n) is 4.61. The molecule has 17 heavy (non-hydrogen) atoms. The fraction of sp³-hybridized carbons (Fsp3) is 0.462. The Labute approximate surface area is 103 Å². The van der Waals surface area contributed by atoms with Crippen LogP contribution in [0.2, 0.25) is 0 Å². The number of benzene rings is 1. The third-order valence-electron chi connectivity index (χ3n) is 2.72. The van der Waals surface area contributed by atoms with E-state index in [1.165, 1.54) is 0 Å². The van der Waals surface area contributed by atoms with Crippen LogP contribution in [0.1, 0.15) is 25.0 Å². The van der Waals surface area contributed by atoms with Crippen molar-refractivity contribution in [3.05, 3.63) is 29.3 Å². The SMILES string of the molecule is Cc1ccc(C)c(S(=O)(=O)C(C#N)C(C)C)c1. The Kier molecular flexibility index (Phi) is 3.94. The predicted octanol–water partition coefficient (Wildman–Crippen LogP) is 2.63. The number of rotatable bonds is 3. The smallest absolute Gasteiger partial charge is 0.195 e. The van der Waals surface area contributed by atoms with Crippen LogP contribution in [-0.2, 0) is 9.84 Å². The summed E-state index contributed by atoms with van der Waals surface area (Å²) in [6, 6.07) is 7.18. The van der Waals surface area contributed by atoms with Crippen LogP contribution in [0.4, 0.5) is 0 Å². The van der Waals surface area contributed by atoms with Crippen LogP contribution in [0.3, 0.4) is 0 Å². The Balaban J connectivity index is 3.41. The molecule has 0 N–H and O–H groups in total. The maximum atomic E-state index is 12.4. The van der Waals surface area contributed by atoms with Crippen molar-refractivity contribution in [1.82, 2.24) is 0 Å². The van der Waals surface area contributed by atoms with Crippen molar-refractivity contribution in [1.29, 1.82) is 5.26 Å². The van der Waals surface area contributed by atoms with Gasteiger partial charge in [-0.25, -0.2) is 8.42 Å². The van der Waals surface area contributed by atoms with Gasteiger partial charge in [0.05, 0.1) is 11.0 Å². The molecule has 0 aliphatic heterocycles. The molecule has 0 fully saturated rings. The molecule has 0 saturated heterocycles. The van der Waals surface area contributed by atoms with Crippen LogP contribution >= 0.6 is 0 Å². The van der Waals surface area contributed by atoms with E-state index in [4.69, 9.17) is 5.26 Å². The fourth-order valence-corrected chi connectivity index (χ4v) is 3.72. The van der Waals surface area contributed by atoms with Gasteiger partial charge in [-0.3, -0.25) is 0 Å². The summed E-state index contributed by atoms with van der Waals surface area (Å²) in [5.41, 5.74) is 1.58. The molecular formula is C13H17NO2S. The van der Waals surface area contributed by atoms with Crippen molar-refractivity contribution in [2.24, 2.45) is 5.92 Å². The monoisotopic (exact) mass is 251 g/mol. The molecule has 1 rings (SSSR count). The molecule has 0 aliphatic rings. The lowest BCUT2D eigenvalue weighted by molar-refractivity contribution is 0.563. The van der Waals surface area contributed by atoms with Crippen molar-refractivity contribution >= 4 is 9.84 Å². The predicted molar refractivity (Wildman–Crippen MR) is 67.3 cm³/mol. The number of nitrogens with zero attached hydrogens (tertiary/aromatic N) is 1. The quantitative estimate of drug-likeness (QED) is 0.829. The third-order valence-corrected chi connectivity index (χ3v) is 5.09. The molecule has 0 saturated carbocycles. The van der Waals surface area contributed by atoms with E-state index in [0.29, 0.717) is 5.56 Å². The van der Waals surface area contributed by atoms with Gasteiger partial charge >= 0.3 is 0 Å². The third kappa shape index (κ3) is 2.67. The van der Waals surface area contributed by atoms with Gasteiger partial charge < -0.3 is 0 Å². The molecule has 0 radical (unpaired) electrons. The van der Waals surface area contributed by atoms with Gasteiger partial charge in [0.25, 0.3) is 0 Å². The summed E-state index contributed by atoms with van der Waals surface area (Å²) in [7, 11) is -3.56. The van der Waals surface area contributed by atoms with Gasteiger partial charge in [0.2, 0.25) is 0 Å². The van der Waals surface area contributed by atoms with Gasteiger partial charge in [0.15, 0.2) is 15.1 Å². The van der Waals surface area contributed by atoms with Crippen molar-refractivity contribution in [2.75, 3.05) is 0 Å². The molecule has 4 heteroatoms. The average Bonchev–Trinajstić information content (AvgIpc) is 2.21. The topological polar surface area (TPSA) is 57.9 Å². The largest absolute Gasteiger partial charge is 0.222 e. The standard InChI is InChI=1S/C13H17NO2S/c1-9(2)13(8-14)17(15,16)12-7-10(3)5-6-11(12)4/h5-7,9,13H,1-4H3. The molecule has 1 atom stereocenters. The Morgan fingerprint density at radius 2 is 1.82 bits per heavy atom. The van der Waals surface area contributed by atoms with Crippen LogP contribution in [-0.4, -0.2) is 13.7 Å². The van der Waals surface area contributed by atoms with Crippen LogP contribution in [0, 0.1) is 31.1 Å². The minimum atomic E-state index is -3.56. The van der Waals surface area contributed by atoms with Crippen molar-refractivity contribution in [3.8, 4) is 6.07 Å². The number of hydrogen-bond acceptors (Lipinski definition) is 3. The van der Waals surface area contributed by atoms with E-state index in [9.17, 15) is 8.42 Å². The number of sulfone groups is 1. The summed E-state index contributed by atoms with van der Waals surface area (Å²) in [6.45, 7) is 7.09. The zero-order chi connectivity index (χ0) is 13.2. The molecule has 0 spiro atoms. The highest BCUT2D eigenvalue weighted by atomic mass is 32.2. The van der Waals surface area contributed by atoms with Crippen LogP contribution < -0.4 is 0 Å². The molecule has 0 aliphatic carbocycles. The lowest BCUT2D eigenvalue weighted by Crippen LogP contribution is -2.26. The molecule has 92 valence electrons. The van der Waals surface area contributed by atoms with Crippen LogP contribution in [0.25, 0.3) is 0 Å².